The Morgan fingerprint density at radius 1 is 0.967 bits per heavy atom. The van der Waals surface area contributed by atoms with Crippen LogP contribution in [0.4, 0.5) is 11.4 Å². The average Bonchev–Trinajstić information content (AvgIpc) is 3.21. The van der Waals surface area contributed by atoms with Crippen molar-refractivity contribution in [1.29, 1.82) is 5.26 Å². The summed E-state index contributed by atoms with van der Waals surface area (Å²) in [6.07, 6.45) is 0.425. The van der Waals surface area contributed by atoms with E-state index in [1.165, 1.54) is 0 Å². The molecule has 1 N–H and O–H groups in total. The lowest BCUT2D eigenvalue weighted by Gasteiger charge is -2.24. The highest BCUT2D eigenvalue weighted by Gasteiger charge is 2.32. The first-order valence-electron chi connectivity index (χ1n) is 9.23. The molecule has 4 rings (SSSR count). The number of nitrogens with one attached hydrogen (secondary N) is 1. The molecule has 3 aromatic carbocycles. The number of halogens is 2. The van der Waals surface area contributed by atoms with Gasteiger partial charge in [-0.05, 0) is 66.2 Å². The number of hydrogen-bond acceptors (Lipinski definition) is 4. The highest BCUT2D eigenvalue weighted by atomic mass is 35.5. The van der Waals surface area contributed by atoms with Gasteiger partial charge in [0.05, 0.1) is 23.4 Å². The van der Waals surface area contributed by atoms with Crippen LogP contribution >= 0.6 is 23.2 Å². The maximum Gasteiger partial charge on any atom is 0.271 e. The second kappa shape index (κ2) is 8.58. The number of carbonyl (C=O) groups excluding carboxylic acids is 1. The summed E-state index contributed by atoms with van der Waals surface area (Å²) in [5.41, 5.74) is 3.42. The van der Waals surface area contributed by atoms with Crippen LogP contribution < -0.4 is 10.3 Å². The van der Waals surface area contributed by atoms with Gasteiger partial charge in [0.15, 0.2) is 0 Å². The van der Waals surface area contributed by atoms with Crippen molar-refractivity contribution in [3.63, 3.8) is 0 Å². The summed E-state index contributed by atoms with van der Waals surface area (Å²) in [4.78, 5) is 12.8. The van der Waals surface area contributed by atoms with E-state index in [0.717, 1.165) is 11.3 Å². The molecule has 30 heavy (non-hydrogen) atoms. The average molecular weight is 435 g/mol. The van der Waals surface area contributed by atoms with Crippen LogP contribution in [0.5, 0.6) is 0 Å². The van der Waals surface area contributed by atoms with Crippen molar-refractivity contribution in [3.8, 4) is 6.07 Å². The Labute approximate surface area is 184 Å². The second-order valence-electron chi connectivity index (χ2n) is 6.78. The minimum atomic E-state index is -0.271. The van der Waals surface area contributed by atoms with Gasteiger partial charge in [0, 0.05) is 22.2 Å². The fraction of sp³-hybridized carbons (Fsp3) is 0.0870. The second-order valence-corrected chi connectivity index (χ2v) is 7.66. The highest BCUT2D eigenvalue weighted by molar-refractivity contribution is 6.44. The summed E-state index contributed by atoms with van der Waals surface area (Å²) in [7, 11) is 0. The predicted octanol–water partition coefficient (Wildman–Crippen LogP) is 5.81. The van der Waals surface area contributed by atoms with Gasteiger partial charge in [-0.1, -0.05) is 35.3 Å². The summed E-state index contributed by atoms with van der Waals surface area (Å²) in [5, 5.41) is 19.6. The van der Waals surface area contributed by atoms with Crippen LogP contribution in [0.15, 0.2) is 77.9 Å². The molecule has 0 saturated heterocycles. The summed E-state index contributed by atoms with van der Waals surface area (Å²) < 4.78 is 0. The molecule has 1 heterocycles. The molecule has 0 radical (unpaired) electrons. The van der Waals surface area contributed by atoms with E-state index in [0.29, 0.717) is 33.4 Å². The predicted molar refractivity (Wildman–Crippen MR) is 120 cm³/mol. The van der Waals surface area contributed by atoms with Gasteiger partial charge in [-0.25, -0.2) is 0 Å². The number of nitrogens with zero attached hydrogens (tertiary/aromatic N) is 3. The molecule has 148 valence electrons. The molecule has 1 unspecified atom stereocenters. The van der Waals surface area contributed by atoms with Crippen molar-refractivity contribution in [2.75, 3.05) is 10.3 Å². The molecule has 0 saturated carbocycles. The lowest BCUT2D eigenvalue weighted by Crippen LogP contribution is -2.21. The van der Waals surface area contributed by atoms with E-state index in [9.17, 15) is 4.79 Å². The third-order valence-electron chi connectivity index (χ3n) is 4.79. The number of nitriles is 1. The van der Waals surface area contributed by atoms with Crippen molar-refractivity contribution < 1.29 is 4.79 Å². The van der Waals surface area contributed by atoms with Gasteiger partial charge in [0.1, 0.15) is 5.71 Å². The van der Waals surface area contributed by atoms with Crippen molar-refractivity contribution in [1.82, 2.24) is 0 Å². The molecule has 0 bridgehead atoms. The summed E-state index contributed by atoms with van der Waals surface area (Å²) in [6, 6.07) is 23.5. The first-order valence-corrected chi connectivity index (χ1v) is 9.98. The maximum absolute atomic E-state index is 12.8. The third kappa shape index (κ3) is 4.30. The molecule has 1 atom stereocenters. The smallest absolute Gasteiger partial charge is 0.271 e. The largest absolute Gasteiger partial charge is 0.321 e. The zero-order valence-corrected chi connectivity index (χ0v) is 17.2. The Balaban J connectivity index is 1.63. The van der Waals surface area contributed by atoms with Crippen LogP contribution in [0, 0.1) is 11.3 Å². The first-order chi connectivity index (χ1) is 14.5. The standard InChI is InChI=1S/C23H16Cl2N4O/c24-17-5-9-19(10-6-17)27-23(30)21-13-22(16-3-1-15(14-26)2-4-16)29(28-21)20-11-7-18(25)8-12-20/h1-12,22H,13H2,(H,27,30). The molecular formula is C23H16Cl2N4O. The van der Waals surface area contributed by atoms with Gasteiger partial charge in [0.2, 0.25) is 0 Å². The SMILES string of the molecule is N#Cc1ccc(C2CC(C(=O)Nc3ccc(Cl)cc3)=NN2c2ccc(Cl)cc2)cc1. The molecular weight excluding hydrogens is 419 g/mol. The fourth-order valence-electron chi connectivity index (χ4n) is 3.26. The normalized spacial score (nSPS) is 15.4. The van der Waals surface area contributed by atoms with Crippen molar-refractivity contribution in [2.24, 2.45) is 5.10 Å². The fourth-order valence-corrected chi connectivity index (χ4v) is 3.51. The monoisotopic (exact) mass is 434 g/mol. The van der Waals surface area contributed by atoms with Crippen molar-refractivity contribution in [2.45, 2.75) is 12.5 Å². The van der Waals surface area contributed by atoms with Crippen LogP contribution in [0.2, 0.25) is 10.0 Å². The van der Waals surface area contributed by atoms with Crippen molar-refractivity contribution in [3.05, 3.63) is 94.0 Å². The lowest BCUT2D eigenvalue weighted by atomic mass is 10.00. The molecule has 1 amide bonds. The minimum absolute atomic E-state index is 0.176. The zero-order valence-electron chi connectivity index (χ0n) is 15.7. The molecule has 0 aromatic heterocycles. The molecule has 0 spiro atoms. The van der Waals surface area contributed by atoms with Crippen LogP contribution in [0.1, 0.15) is 23.6 Å². The molecule has 3 aromatic rings. The molecule has 5 nitrogen and oxygen atoms in total. The Bertz CT molecular complexity index is 1130. The quantitative estimate of drug-likeness (QED) is 0.562. The number of benzene rings is 3. The number of amides is 1. The van der Waals surface area contributed by atoms with E-state index in [1.807, 2.05) is 29.3 Å². The Morgan fingerprint density at radius 3 is 2.17 bits per heavy atom. The zero-order chi connectivity index (χ0) is 21.1. The lowest BCUT2D eigenvalue weighted by molar-refractivity contribution is -0.110. The van der Waals surface area contributed by atoms with E-state index in [1.54, 1.807) is 48.5 Å². The molecule has 0 aliphatic carbocycles. The maximum atomic E-state index is 12.8. The summed E-state index contributed by atoms with van der Waals surface area (Å²) in [5.74, 6) is -0.271. The minimum Gasteiger partial charge on any atom is -0.321 e. The highest BCUT2D eigenvalue weighted by Crippen LogP contribution is 2.36. The number of hydrazone groups is 1. The summed E-state index contributed by atoms with van der Waals surface area (Å²) >= 11 is 11.9. The van der Waals surface area contributed by atoms with Crippen LogP contribution in [0.25, 0.3) is 0 Å². The van der Waals surface area contributed by atoms with Gasteiger partial charge in [-0.2, -0.15) is 10.4 Å². The van der Waals surface area contributed by atoms with Gasteiger partial charge in [-0.3, -0.25) is 9.80 Å². The Kier molecular flexibility index (Phi) is 5.71. The van der Waals surface area contributed by atoms with E-state index < -0.39 is 0 Å². The van der Waals surface area contributed by atoms with Crippen LogP contribution in [-0.4, -0.2) is 11.6 Å². The van der Waals surface area contributed by atoms with Gasteiger partial charge in [-0.15, -0.1) is 0 Å². The van der Waals surface area contributed by atoms with Gasteiger partial charge < -0.3 is 5.32 Å². The third-order valence-corrected chi connectivity index (χ3v) is 5.29. The topological polar surface area (TPSA) is 68.5 Å². The Hall–Kier alpha value is -3.33. The number of rotatable bonds is 4. The van der Waals surface area contributed by atoms with Crippen LogP contribution in [0.3, 0.4) is 0 Å². The van der Waals surface area contributed by atoms with E-state index in [2.05, 4.69) is 16.5 Å². The van der Waals surface area contributed by atoms with E-state index in [4.69, 9.17) is 28.5 Å². The Morgan fingerprint density at radius 2 is 1.57 bits per heavy atom. The van der Waals surface area contributed by atoms with Crippen LogP contribution in [-0.2, 0) is 4.79 Å². The molecule has 1 aliphatic rings. The van der Waals surface area contributed by atoms with E-state index in [-0.39, 0.29) is 11.9 Å². The summed E-state index contributed by atoms with van der Waals surface area (Å²) in [6.45, 7) is 0. The number of carbonyl (C=O) groups is 1. The van der Waals surface area contributed by atoms with Gasteiger partial charge >= 0.3 is 0 Å². The molecule has 1 aliphatic heterocycles. The number of hydrogen-bond donors (Lipinski definition) is 1. The first kappa shape index (κ1) is 20.0. The molecule has 7 heteroatoms. The van der Waals surface area contributed by atoms with Crippen molar-refractivity contribution >= 4 is 46.2 Å². The van der Waals surface area contributed by atoms with Gasteiger partial charge in [0.25, 0.3) is 5.91 Å². The molecule has 0 fully saturated rings. The van der Waals surface area contributed by atoms with E-state index >= 15 is 0 Å². The number of anilines is 2.